The fraction of sp³-hybridized carbons (Fsp3) is 0.600. The quantitative estimate of drug-likeness (QED) is 0.807. The number of rotatable bonds is 7. The van der Waals surface area contributed by atoms with Crippen molar-refractivity contribution in [2.45, 2.75) is 56.5 Å². The number of sulfonamides is 1. The SMILES string of the molecule is CCNCc1ccc(S(=O)(=O)NC2(CC)CCC2)cc1Cl. The molecule has 1 saturated carbocycles. The monoisotopic (exact) mass is 330 g/mol. The Morgan fingerprint density at radius 1 is 1.29 bits per heavy atom. The molecule has 0 saturated heterocycles. The van der Waals surface area contributed by atoms with E-state index in [1.165, 1.54) is 0 Å². The zero-order valence-corrected chi connectivity index (χ0v) is 14.1. The van der Waals surface area contributed by atoms with Gasteiger partial charge in [-0.05, 0) is 49.9 Å². The molecular formula is C15H23ClN2O2S. The topological polar surface area (TPSA) is 58.2 Å². The average molecular weight is 331 g/mol. The van der Waals surface area contributed by atoms with Crippen molar-refractivity contribution in [3.05, 3.63) is 28.8 Å². The summed E-state index contributed by atoms with van der Waals surface area (Å²) in [4.78, 5) is 0.243. The number of benzene rings is 1. The first kappa shape index (κ1) is 16.7. The molecule has 21 heavy (non-hydrogen) atoms. The molecule has 0 heterocycles. The minimum absolute atomic E-state index is 0.243. The third kappa shape index (κ3) is 3.77. The molecule has 6 heteroatoms. The van der Waals surface area contributed by atoms with Crippen LogP contribution in [-0.2, 0) is 16.6 Å². The summed E-state index contributed by atoms with van der Waals surface area (Å²) in [5.74, 6) is 0. The first-order chi connectivity index (χ1) is 9.92. The Morgan fingerprint density at radius 2 is 2.00 bits per heavy atom. The number of nitrogens with one attached hydrogen (secondary N) is 2. The lowest BCUT2D eigenvalue weighted by Gasteiger charge is -2.41. The molecule has 4 nitrogen and oxygen atoms in total. The van der Waals surface area contributed by atoms with Crippen molar-refractivity contribution in [3.63, 3.8) is 0 Å². The molecule has 0 unspecified atom stereocenters. The van der Waals surface area contributed by atoms with Gasteiger partial charge in [-0.2, -0.15) is 0 Å². The van der Waals surface area contributed by atoms with Gasteiger partial charge in [0.15, 0.2) is 0 Å². The number of hydrogen-bond donors (Lipinski definition) is 2. The van der Waals surface area contributed by atoms with Crippen LogP contribution in [-0.4, -0.2) is 20.5 Å². The van der Waals surface area contributed by atoms with E-state index in [2.05, 4.69) is 10.0 Å². The number of halogens is 1. The van der Waals surface area contributed by atoms with Gasteiger partial charge in [0.05, 0.1) is 4.90 Å². The molecule has 0 aliphatic heterocycles. The zero-order chi connectivity index (χ0) is 15.5. The molecule has 0 bridgehead atoms. The Kier molecular flexibility index (Phi) is 5.30. The van der Waals surface area contributed by atoms with Crippen molar-refractivity contribution >= 4 is 21.6 Å². The Hall–Kier alpha value is -0.620. The first-order valence-corrected chi connectivity index (χ1v) is 9.32. The van der Waals surface area contributed by atoms with Gasteiger partial charge >= 0.3 is 0 Å². The molecule has 1 aromatic carbocycles. The van der Waals surface area contributed by atoms with Gasteiger partial charge in [-0.1, -0.05) is 31.5 Å². The average Bonchev–Trinajstić information content (AvgIpc) is 2.41. The minimum atomic E-state index is -3.51. The molecule has 0 radical (unpaired) electrons. The Balaban J connectivity index is 2.18. The third-order valence-corrected chi connectivity index (χ3v) is 6.17. The summed E-state index contributed by atoms with van der Waals surface area (Å²) in [6, 6.07) is 4.94. The maximum atomic E-state index is 12.5. The van der Waals surface area contributed by atoms with Crippen LogP contribution in [0, 0.1) is 0 Å². The summed E-state index contributed by atoms with van der Waals surface area (Å²) in [6.45, 7) is 5.52. The van der Waals surface area contributed by atoms with Crippen molar-refractivity contribution in [3.8, 4) is 0 Å². The van der Waals surface area contributed by atoms with Crippen LogP contribution in [0.15, 0.2) is 23.1 Å². The van der Waals surface area contributed by atoms with Crippen LogP contribution in [0.25, 0.3) is 0 Å². The third-order valence-electron chi connectivity index (χ3n) is 4.24. The molecule has 0 amide bonds. The molecule has 0 spiro atoms. The van der Waals surface area contributed by atoms with E-state index in [4.69, 9.17) is 11.6 Å². The second-order valence-corrected chi connectivity index (χ2v) is 7.72. The fourth-order valence-corrected chi connectivity index (χ4v) is 4.44. The van der Waals surface area contributed by atoms with Gasteiger partial charge in [0, 0.05) is 17.1 Å². The van der Waals surface area contributed by atoms with Crippen molar-refractivity contribution in [2.24, 2.45) is 0 Å². The van der Waals surface area contributed by atoms with Crippen molar-refractivity contribution in [2.75, 3.05) is 6.54 Å². The van der Waals surface area contributed by atoms with Crippen LogP contribution < -0.4 is 10.0 Å². The lowest BCUT2D eigenvalue weighted by atomic mass is 9.76. The van der Waals surface area contributed by atoms with Crippen LogP contribution in [0.2, 0.25) is 5.02 Å². The van der Waals surface area contributed by atoms with E-state index < -0.39 is 10.0 Å². The zero-order valence-electron chi connectivity index (χ0n) is 12.6. The van der Waals surface area contributed by atoms with Gasteiger partial charge in [-0.3, -0.25) is 0 Å². The largest absolute Gasteiger partial charge is 0.313 e. The van der Waals surface area contributed by atoms with Crippen molar-refractivity contribution in [1.29, 1.82) is 0 Å². The summed E-state index contributed by atoms with van der Waals surface area (Å²) in [5, 5.41) is 3.66. The van der Waals surface area contributed by atoms with E-state index in [0.29, 0.717) is 11.6 Å². The molecule has 1 fully saturated rings. The van der Waals surface area contributed by atoms with Crippen LogP contribution in [0.3, 0.4) is 0 Å². The van der Waals surface area contributed by atoms with E-state index in [0.717, 1.165) is 37.8 Å². The van der Waals surface area contributed by atoms with E-state index in [-0.39, 0.29) is 10.4 Å². The molecular weight excluding hydrogens is 308 g/mol. The highest BCUT2D eigenvalue weighted by Crippen LogP contribution is 2.36. The van der Waals surface area contributed by atoms with Gasteiger partial charge in [0.25, 0.3) is 0 Å². The molecule has 1 aliphatic carbocycles. The fourth-order valence-electron chi connectivity index (χ4n) is 2.57. The van der Waals surface area contributed by atoms with Gasteiger partial charge in [0.1, 0.15) is 0 Å². The highest BCUT2D eigenvalue weighted by Gasteiger charge is 2.39. The second kappa shape index (κ2) is 6.65. The van der Waals surface area contributed by atoms with Gasteiger partial charge < -0.3 is 5.32 Å². The standard InChI is InChI=1S/C15H23ClN2O2S/c1-3-15(8-5-9-15)18-21(19,20)13-7-6-12(11-17-4-2)14(16)10-13/h6-7,10,17-18H,3-5,8-9,11H2,1-2H3. The van der Waals surface area contributed by atoms with E-state index in [1.807, 2.05) is 13.8 Å². The maximum absolute atomic E-state index is 12.5. The van der Waals surface area contributed by atoms with E-state index in [1.54, 1.807) is 18.2 Å². The minimum Gasteiger partial charge on any atom is -0.313 e. The Labute approximate surface area is 132 Å². The smallest absolute Gasteiger partial charge is 0.241 e. The van der Waals surface area contributed by atoms with Gasteiger partial charge in [0.2, 0.25) is 10.0 Å². The molecule has 0 atom stereocenters. The Morgan fingerprint density at radius 3 is 2.48 bits per heavy atom. The summed E-state index contributed by atoms with van der Waals surface area (Å²) in [6.07, 6.45) is 3.72. The maximum Gasteiger partial charge on any atom is 0.241 e. The van der Waals surface area contributed by atoms with Crippen molar-refractivity contribution < 1.29 is 8.42 Å². The summed E-state index contributed by atoms with van der Waals surface area (Å²) >= 11 is 6.19. The predicted molar refractivity (Wildman–Crippen MR) is 86.0 cm³/mol. The molecule has 118 valence electrons. The van der Waals surface area contributed by atoms with Crippen LogP contribution in [0.4, 0.5) is 0 Å². The van der Waals surface area contributed by atoms with E-state index >= 15 is 0 Å². The molecule has 0 aromatic heterocycles. The second-order valence-electron chi connectivity index (χ2n) is 5.63. The van der Waals surface area contributed by atoms with Gasteiger partial charge in [-0.25, -0.2) is 13.1 Å². The Bertz CT molecular complexity index is 592. The first-order valence-electron chi connectivity index (χ1n) is 7.45. The highest BCUT2D eigenvalue weighted by molar-refractivity contribution is 7.89. The van der Waals surface area contributed by atoms with Gasteiger partial charge in [-0.15, -0.1) is 0 Å². The van der Waals surface area contributed by atoms with E-state index in [9.17, 15) is 8.42 Å². The summed E-state index contributed by atoms with van der Waals surface area (Å²) < 4.78 is 27.8. The van der Waals surface area contributed by atoms with Crippen LogP contribution in [0.1, 0.15) is 45.1 Å². The normalized spacial score (nSPS) is 17.5. The van der Waals surface area contributed by atoms with Crippen molar-refractivity contribution in [1.82, 2.24) is 10.0 Å². The number of hydrogen-bond acceptors (Lipinski definition) is 3. The molecule has 2 rings (SSSR count). The lowest BCUT2D eigenvalue weighted by Crippen LogP contribution is -2.52. The highest BCUT2D eigenvalue weighted by atomic mass is 35.5. The predicted octanol–water partition coefficient (Wildman–Crippen LogP) is 3.06. The molecule has 1 aliphatic rings. The molecule has 1 aromatic rings. The summed E-state index contributed by atoms with van der Waals surface area (Å²) in [7, 11) is -3.51. The van der Waals surface area contributed by atoms with Crippen LogP contribution in [0.5, 0.6) is 0 Å². The molecule has 2 N–H and O–H groups in total. The van der Waals surface area contributed by atoms with Crippen LogP contribution >= 0.6 is 11.6 Å². The summed E-state index contributed by atoms with van der Waals surface area (Å²) in [5.41, 5.74) is 0.652. The lowest BCUT2D eigenvalue weighted by molar-refractivity contribution is 0.214.